The number of fused-ring (bicyclic) bond motifs is 1. The van der Waals surface area contributed by atoms with Crippen LogP contribution in [-0.2, 0) is 19.1 Å². The Hall–Kier alpha value is -1.98. The largest absolute Gasteiger partial charge is 0.416 e. The Morgan fingerprint density at radius 1 is 1.32 bits per heavy atom. The minimum absolute atomic E-state index is 0.501. The summed E-state index contributed by atoms with van der Waals surface area (Å²) in [6.07, 6.45) is -0.181. The van der Waals surface area contributed by atoms with Crippen LogP contribution in [0.2, 0.25) is 0 Å². The highest BCUT2D eigenvalue weighted by Crippen LogP contribution is 2.36. The van der Waals surface area contributed by atoms with E-state index in [0.717, 1.165) is 30.4 Å². The van der Waals surface area contributed by atoms with Crippen LogP contribution in [0.1, 0.15) is 17.0 Å². The number of rotatable bonds is 2. The molecule has 100 valence electrons. The SMILES string of the molecule is FC(F)(F)c1ccc2c(c1)N(Cc1ncc[nH]1)CC2. The van der Waals surface area contributed by atoms with Crippen molar-refractivity contribution < 1.29 is 13.2 Å². The van der Waals surface area contributed by atoms with E-state index in [4.69, 9.17) is 0 Å². The summed E-state index contributed by atoms with van der Waals surface area (Å²) in [4.78, 5) is 8.99. The Bertz CT molecular complexity index is 575. The third-order valence-corrected chi connectivity index (χ3v) is 3.30. The first-order chi connectivity index (χ1) is 9.04. The van der Waals surface area contributed by atoms with Crippen LogP contribution in [-0.4, -0.2) is 16.5 Å². The second kappa shape index (κ2) is 4.29. The number of H-pyrrole nitrogens is 1. The molecule has 0 bridgehead atoms. The molecule has 2 heterocycles. The number of hydrogen-bond donors (Lipinski definition) is 1. The minimum atomic E-state index is -4.30. The van der Waals surface area contributed by atoms with Crippen molar-refractivity contribution in [3.63, 3.8) is 0 Å². The number of alkyl halides is 3. The van der Waals surface area contributed by atoms with Crippen molar-refractivity contribution in [1.29, 1.82) is 0 Å². The van der Waals surface area contributed by atoms with Gasteiger partial charge in [-0.15, -0.1) is 0 Å². The zero-order valence-corrected chi connectivity index (χ0v) is 10.0. The van der Waals surface area contributed by atoms with E-state index in [9.17, 15) is 13.2 Å². The molecule has 1 aromatic carbocycles. The number of halogens is 3. The number of nitrogens with one attached hydrogen (secondary N) is 1. The van der Waals surface area contributed by atoms with Gasteiger partial charge in [-0.3, -0.25) is 0 Å². The van der Waals surface area contributed by atoms with E-state index in [1.165, 1.54) is 6.07 Å². The molecule has 3 rings (SSSR count). The maximum absolute atomic E-state index is 12.7. The summed E-state index contributed by atoms with van der Waals surface area (Å²) in [5.74, 6) is 0.755. The predicted octanol–water partition coefficient (Wildman–Crippen LogP) is 2.99. The monoisotopic (exact) mass is 267 g/mol. The Kier molecular flexibility index (Phi) is 2.73. The van der Waals surface area contributed by atoms with E-state index in [2.05, 4.69) is 9.97 Å². The van der Waals surface area contributed by atoms with Crippen LogP contribution in [0.3, 0.4) is 0 Å². The van der Waals surface area contributed by atoms with Crippen molar-refractivity contribution in [1.82, 2.24) is 9.97 Å². The Balaban J connectivity index is 1.90. The van der Waals surface area contributed by atoms with Crippen LogP contribution >= 0.6 is 0 Å². The Labute approximate surface area is 108 Å². The van der Waals surface area contributed by atoms with Gasteiger partial charge >= 0.3 is 6.18 Å². The van der Waals surface area contributed by atoms with Crippen LogP contribution in [0.15, 0.2) is 30.6 Å². The number of nitrogens with zero attached hydrogens (tertiary/aromatic N) is 2. The summed E-state index contributed by atoms with van der Waals surface area (Å²) in [5.41, 5.74) is 1.02. The number of benzene rings is 1. The van der Waals surface area contributed by atoms with E-state index in [-0.39, 0.29) is 0 Å². The van der Waals surface area contributed by atoms with Crippen molar-refractivity contribution in [2.24, 2.45) is 0 Å². The molecule has 1 aromatic heterocycles. The van der Waals surface area contributed by atoms with Crippen molar-refractivity contribution in [2.45, 2.75) is 19.1 Å². The molecule has 19 heavy (non-hydrogen) atoms. The summed E-state index contributed by atoms with van der Waals surface area (Å²) in [7, 11) is 0. The second-order valence-electron chi connectivity index (χ2n) is 4.55. The molecule has 0 radical (unpaired) electrons. The van der Waals surface area contributed by atoms with Crippen molar-refractivity contribution in [2.75, 3.05) is 11.4 Å². The van der Waals surface area contributed by atoms with Crippen molar-refractivity contribution in [3.05, 3.63) is 47.5 Å². The number of aromatic amines is 1. The van der Waals surface area contributed by atoms with Gasteiger partial charge in [0.05, 0.1) is 12.1 Å². The highest BCUT2D eigenvalue weighted by Gasteiger charge is 2.32. The minimum Gasteiger partial charge on any atom is -0.363 e. The number of aromatic nitrogens is 2. The highest BCUT2D eigenvalue weighted by atomic mass is 19.4. The van der Waals surface area contributed by atoms with Gasteiger partial charge in [0, 0.05) is 24.6 Å². The summed E-state index contributed by atoms with van der Waals surface area (Å²) in [6.45, 7) is 1.22. The fourth-order valence-corrected chi connectivity index (χ4v) is 2.35. The van der Waals surface area contributed by atoms with Gasteiger partial charge in [0.15, 0.2) is 0 Å². The van der Waals surface area contributed by atoms with Gasteiger partial charge in [0.2, 0.25) is 0 Å². The number of anilines is 1. The summed E-state index contributed by atoms with van der Waals surface area (Å²) < 4.78 is 38.2. The van der Waals surface area contributed by atoms with E-state index in [1.54, 1.807) is 18.5 Å². The van der Waals surface area contributed by atoms with Gasteiger partial charge in [0.25, 0.3) is 0 Å². The van der Waals surface area contributed by atoms with E-state index >= 15 is 0 Å². The maximum Gasteiger partial charge on any atom is 0.416 e. The lowest BCUT2D eigenvalue weighted by Crippen LogP contribution is -2.20. The molecule has 3 nitrogen and oxygen atoms in total. The van der Waals surface area contributed by atoms with Crippen LogP contribution in [0.5, 0.6) is 0 Å². The van der Waals surface area contributed by atoms with Crippen molar-refractivity contribution >= 4 is 5.69 Å². The molecule has 0 aliphatic carbocycles. The van der Waals surface area contributed by atoms with Gasteiger partial charge in [0.1, 0.15) is 5.82 Å². The lowest BCUT2D eigenvalue weighted by Gasteiger charge is -2.19. The molecule has 0 saturated carbocycles. The predicted molar refractivity (Wildman–Crippen MR) is 64.8 cm³/mol. The molecule has 2 aromatic rings. The molecular formula is C13H12F3N3. The number of hydrogen-bond acceptors (Lipinski definition) is 2. The van der Waals surface area contributed by atoms with Crippen LogP contribution in [0, 0.1) is 0 Å². The quantitative estimate of drug-likeness (QED) is 0.907. The molecule has 0 amide bonds. The smallest absolute Gasteiger partial charge is 0.363 e. The third-order valence-electron chi connectivity index (χ3n) is 3.30. The van der Waals surface area contributed by atoms with Crippen LogP contribution < -0.4 is 4.90 Å². The average molecular weight is 267 g/mol. The summed E-state index contributed by atoms with van der Waals surface area (Å²) in [5, 5.41) is 0. The Morgan fingerprint density at radius 2 is 2.16 bits per heavy atom. The van der Waals surface area contributed by atoms with E-state index in [0.29, 0.717) is 12.2 Å². The summed E-state index contributed by atoms with van der Waals surface area (Å²) >= 11 is 0. The molecule has 0 fully saturated rings. The zero-order chi connectivity index (χ0) is 13.5. The van der Waals surface area contributed by atoms with Gasteiger partial charge in [-0.1, -0.05) is 6.07 Å². The van der Waals surface area contributed by atoms with Crippen LogP contribution in [0.4, 0.5) is 18.9 Å². The van der Waals surface area contributed by atoms with Crippen molar-refractivity contribution in [3.8, 4) is 0 Å². The molecule has 1 aliphatic rings. The lowest BCUT2D eigenvalue weighted by molar-refractivity contribution is -0.137. The maximum atomic E-state index is 12.7. The van der Waals surface area contributed by atoms with E-state index in [1.807, 2.05) is 4.90 Å². The second-order valence-corrected chi connectivity index (χ2v) is 4.55. The Morgan fingerprint density at radius 3 is 2.84 bits per heavy atom. The number of imidazole rings is 1. The fourth-order valence-electron chi connectivity index (χ4n) is 2.35. The van der Waals surface area contributed by atoms with E-state index < -0.39 is 11.7 Å². The van der Waals surface area contributed by atoms with Gasteiger partial charge < -0.3 is 9.88 Å². The van der Waals surface area contributed by atoms with Gasteiger partial charge in [-0.25, -0.2) is 4.98 Å². The fraction of sp³-hybridized carbons (Fsp3) is 0.308. The first-order valence-corrected chi connectivity index (χ1v) is 5.97. The molecular weight excluding hydrogens is 255 g/mol. The summed E-state index contributed by atoms with van der Waals surface area (Å²) in [6, 6.07) is 3.95. The molecule has 6 heteroatoms. The van der Waals surface area contributed by atoms with Gasteiger partial charge in [-0.2, -0.15) is 13.2 Å². The van der Waals surface area contributed by atoms with Gasteiger partial charge in [-0.05, 0) is 24.1 Å². The molecule has 0 atom stereocenters. The zero-order valence-electron chi connectivity index (χ0n) is 10.0. The molecule has 0 spiro atoms. The average Bonchev–Trinajstić information content (AvgIpc) is 2.98. The molecule has 0 saturated heterocycles. The molecule has 1 N–H and O–H groups in total. The standard InChI is InChI=1S/C13H12F3N3/c14-13(15,16)10-2-1-9-3-6-19(11(9)7-10)8-12-17-4-5-18-12/h1-2,4-5,7H,3,6,8H2,(H,17,18). The first-order valence-electron chi connectivity index (χ1n) is 5.97. The topological polar surface area (TPSA) is 31.9 Å². The molecule has 0 unspecified atom stereocenters. The first kappa shape index (κ1) is 12.1. The lowest BCUT2D eigenvalue weighted by atomic mass is 10.1. The van der Waals surface area contributed by atoms with Crippen LogP contribution in [0.25, 0.3) is 0 Å². The normalized spacial score (nSPS) is 14.8. The third kappa shape index (κ3) is 2.30. The molecule has 1 aliphatic heterocycles. The highest BCUT2D eigenvalue weighted by molar-refractivity contribution is 5.59.